The number of anilines is 1. The van der Waals surface area contributed by atoms with Crippen LogP contribution in [-0.2, 0) is 0 Å². The Kier molecular flexibility index (Phi) is 8.46. The second kappa shape index (κ2) is 10.6. The summed E-state index contributed by atoms with van der Waals surface area (Å²) in [7, 11) is 1.69. The van der Waals surface area contributed by atoms with E-state index in [1.54, 1.807) is 7.11 Å². The Balaban J connectivity index is 0.00000261. The van der Waals surface area contributed by atoms with Gasteiger partial charge in [0.25, 0.3) is 0 Å². The average molecular weight is 407 g/mol. The Morgan fingerprint density at radius 1 is 0.926 bits per heavy atom. The maximum atomic E-state index is 6.18. The van der Waals surface area contributed by atoms with Crippen molar-refractivity contribution in [2.75, 3.05) is 19.0 Å². The van der Waals surface area contributed by atoms with Crippen LogP contribution in [0, 0.1) is 0 Å². The molecule has 0 aliphatic heterocycles. The molecule has 1 N–H and O–H groups in total. The van der Waals surface area contributed by atoms with Crippen molar-refractivity contribution in [1.82, 2.24) is 4.98 Å². The second-order valence-electron chi connectivity index (χ2n) is 6.73. The largest absolute Gasteiger partial charge is 0.497 e. The molecule has 1 heterocycles. The second-order valence-corrected chi connectivity index (χ2v) is 7.16. The molecule has 0 fully saturated rings. The summed E-state index contributed by atoms with van der Waals surface area (Å²) in [5.41, 5.74) is 2.99. The number of nitrogens with one attached hydrogen (secondary N) is 1. The third-order valence-electron chi connectivity index (χ3n) is 4.78. The highest BCUT2D eigenvalue weighted by Crippen LogP contribution is 2.34. The molecule has 0 amide bonds. The van der Waals surface area contributed by atoms with Gasteiger partial charge in [0, 0.05) is 22.3 Å². The van der Waals surface area contributed by atoms with E-state index in [1.807, 2.05) is 30.3 Å². The summed E-state index contributed by atoms with van der Waals surface area (Å²) in [6.07, 6.45) is 7.73. The molecule has 0 bridgehead atoms. The smallest absolute Gasteiger partial charge is 0.119 e. The zero-order chi connectivity index (χ0) is 18.4. The Labute approximate surface area is 172 Å². The molecule has 0 saturated heterocycles. The van der Waals surface area contributed by atoms with E-state index in [1.165, 1.54) is 38.5 Å². The topological polar surface area (TPSA) is 34.2 Å². The number of nitrogens with zero attached hydrogens (tertiary/aromatic N) is 1. The van der Waals surface area contributed by atoms with Crippen LogP contribution in [-0.4, -0.2) is 18.6 Å². The number of unbranched alkanes of at least 4 members (excludes halogenated alkanes) is 5. The summed E-state index contributed by atoms with van der Waals surface area (Å²) in [5.74, 6) is 0.843. The van der Waals surface area contributed by atoms with Crippen molar-refractivity contribution in [3.63, 3.8) is 0 Å². The fraction of sp³-hybridized carbons (Fsp3) is 0.409. The van der Waals surface area contributed by atoms with Crippen LogP contribution in [0.25, 0.3) is 21.8 Å². The molecule has 1 aromatic heterocycles. The van der Waals surface area contributed by atoms with E-state index < -0.39 is 0 Å². The van der Waals surface area contributed by atoms with Crippen LogP contribution in [0.5, 0.6) is 5.75 Å². The lowest BCUT2D eigenvalue weighted by Gasteiger charge is -2.14. The first-order valence-corrected chi connectivity index (χ1v) is 9.91. The predicted octanol–water partition coefficient (Wildman–Crippen LogP) is 7.24. The molecule has 5 heteroatoms. The molecule has 0 unspecified atom stereocenters. The number of benzene rings is 2. The van der Waals surface area contributed by atoms with E-state index in [-0.39, 0.29) is 12.4 Å². The Hall–Kier alpha value is -1.71. The SMILES string of the molecule is CCCCCCCCNc1c2ccc(Cl)cc2nc2ccc(OC)cc12.Cl. The van der Waals surface area contributed by atoms with Crippen molar-refractivity contribution in [2.24, 2.45) is 0 Å². The standard InChI is InChI=1S/C22H27ClN2O.ClH/c1-3-4-5-6-7-8-13-24-22-18-11-9-16(23)14-21(18)25-20-12-10-17(26-2)15-19(20)22;/h9-12,14-15H,3-8,13H2,1-2H3,(H,24,25);1H. The minimum atomic E-state index is 0. The molecular weight excluding hydrogens is 379 g/mol. The normalized spacial score (nSPS) is 10.8. The van der Waals surface area contributed by atoms with E-state index in [2.05, 4.69) is 18.3 Å². The van der Waals surface area contributed by atoms with Gasteiger partial charge in [0.1, 0.15) is 5.75 Å². The summed E-state index contributed by atoms with van der Waals surface area (Å²) >= 11 is 6.18. The van der Waals surface area contributed by atoms with Gasteiger partial charge < -0.3 is 10.1 Å². The zero-order valence-corrected chi connectivity index (χ0v) is 17.6. The highest BCUT2D eigenvalue weighted by molar-refractivity contribution is 6.31. The van der Waals surface area contributed by atoms with Crippen LogP contribution < -0.4 is 10.1 Å². The summed E-state index contributed by atoms with van der Waals surface area (Å²) < 4.78 is 5.41. The minimum Gasteiger partial charge on any atom is -0.497 e. The van der Waals surface area contributed by atoms with Crippen LogP contribution in [0.2, 0.25) is 5.02 Å². The minimum absolute atomic E-state index is 0. The van der Waals surface area contributed by atoms with E-state index in [0.717, 1.165) is 39.8 Å². The van der Waals surface area contributed by atoms with Gasteiger partial charge >= 0.3 is 0 Å². The van der Waals surface area contributed by atoms with Gasteiger partial charge in [-0.25, -0.2) is 4.98 Å². The van der Waals surface area contributed by atoms with Crippen molar-refractivity contribution in [2.45, 2.75) is 45.4 Å². The first-order valence-electron chi connectivity index (χ1n) is 9.54. The predicted molar refractivity (Wildman–Crippen MR) is 120 cm³/mol. The fourth-order valence-corrected chi connectivity index (χ4v) is 3.50. The van der Waals surface area contributed by atoms with E-state index >= 15 is 0 Å². The molecule has 0 saturated carbocycles. The maximum absolute atomic E-state index is 6.18. The van der Waals surface area contributed by atoms with Gasteiger partial charge in [-0.1, -0.05) is 50.6 Å². The van der Waals surface area contributed by atoms with Crippen molar-refractivity contribution < 1.29 is 4.74 Å². The molecule has 3 nitrogen and oxygen atoms in total. The van der Waals surface area contributed by atoms with Gasteiger partial charge in [0.05, 0.1) is 23.8 Å². The molecular formula is C22H28Cl2N2O. The number of fused-ring (bicyclic) bond motifs is 2. The Morgan fingerprint density at radius 2 is 1.70 bits per heavy atom. The number of hydrogen-bond donors (Lipinski definition) is 1. The summed E-state index contributed by atoms with van der Waals surface area (Å²) in [5, 5.41) is 6.55. The summed E-state index contributed by atoms with van der Waals surface area (Å²) in [6, 6.07) is 11.9. The molecule has 0 spiro atoms. The van der Waals surface area contributed by atoms with Crippen molar-refractivity contribution in [3.8, 4) is 5.75 Å². The first-order chi connectivity index (χ1) is 12.7. The van der Waals surface area contributed by atoms with Crippen molar-refractivity contribution >= 4 is 51.5 Å². The van der Waals surface area contributed by atoms with Gasteiger partial charge in [-0.05, 0) is 42.8 Å². The molecule has 27 heavy (non-hydrogen) atoms. The average Bonchev–Trinajstić information content (AvgIpc) is 2.66. The molecule has 3 rings (SSSR count). The van der Waals surface area contributed by atoms with Gasteiger partial charge in [0.15, 0.2) is 0 Å². The van der Waals surface area contributed by atoms with Gasteiger partial charge in [-0.15, -0.1) is 12.4 Å². The number of rotatable bonds is 9. The number of pyridine rings is 1. The van der Waals surface area contributed by atoms with E-state index in [4.69, 9.17) is 21.3 Å². The van der Waals surface area contributed by atoms with Gasteiger partial charge in [-0.2, -0.15) is 0 Å². The van der Waals surface area contributed by atoms with Crippen LogP contribution in [0.15, 0.2) is 36.4 Å². The van der Waals surface area contributed by atoms with Crippen LogP contribution >= 0.6 is 24.0 Å². The van der Waals surface area contributed by atoms with E-state index in [9.17, 15) is 0 Å². The van der Waals surface area contributed by atoms with Crippen LogP contribution in [0.4, 0.5) is 5.69 Å². The number of hydrogen-bond acceptors (Lipinski definition) is 3. The quantitative estimate of drug-likeness (QED) is 0.300. The van der Waals surface area contributed by atoms with Crippen molar-refractivity contribution in [1.29, 1.82) is 0 Å². The molecule has 0 aliphatic rings. The number of methoxy groups -OCH3 is 1. The summed E-state index contributed by atoms with van der Waals surface area (Å²) in [4.78, 5) is 4.77. The lowest BCUT2D eigenvalue weighted by molar-refractivity contribution is 0.415. The van der Waals surface area contributed by atoms with Crippen molar-refractivity contribution in [3.05, 3.63) is 41.4 Å². The Morgan fingerprint density at radius 3 is 2.48 bits per heavy atom. The van der Waals surface area contributed by atoms with E-state index in [0.29, 0.717) is 5.02 Å². The maximum Gasteiger partial charge on any atom is 0.119 e. The third kappa shape index (κ3) is 5.40. The Bertz CT molecular complexity index is 883. The fourth-order valence-electron chi connectivity index (χ4n) is 3.33. The lowest BCUT2D eigenvalue weighted by atomic mass is 10.1. The zero-order valence-electron chi connectivity index (χ0n) is 16.1. The molecule has 0 atom stereocenters. The highest BCUT2D eigenvalue weighted by atomic mass is 35.5. The van der Waals surface area contributed by atoms with Gasteiger partial charge in [-0.3, -0.25) is 0 Å². The highest BCUT2D eigenvalue weighted by Gasteiger charge is 2.10. The molecule has 2 aromatic carbocycles. The van der Waals surface area contributed by atoms with Crippen LogP contribution in [0.3, 0.4) is 0 Å². The summed E-state index contributed by atoms with van der Waals surface area (Å²) in [6.45, 7) is 3.21. The molecule has 0 radical (unpaired) electrons. The monoisotopic (exact) mass is 406 g/mol. The molecule has 0 aliphatic carbocycles. The third-order valence-corrected chi connectivity index (χ3v) is 5.01. The first kappa shape index (κ1) is 21.6. The number of halogens is 2. The lowest BCUT2D eigenvalue weighted by Crippen LogP contribution is -2.03. The number of aromatic nitrogens is 1. The molecule has 3 aromatic rings. The number of ether oxygens (including phenoxy) is 1. The molecule has 146 valence electrons. The van der Waals surface area contributed by atoms with Gasteiger partial charge in [0.2, 0.25) is 0 Å². The van der Waals surface area contributed by atoms with Crippen LogP contribution in [0.1, 0.15) is 45.4 Å².